The number of hydrogen-bond donors (Lipinski definition) is 1. The van der Waals surface area contributed by atoms with E-state index in [0.29, 0.717) is 11.6 Å². The topological polar surface area (TPSA) is 43.8 Å². The molecule has 1 N–H and O–H groups in total. The molecule has 2 aliphatic rings. The predicted octanol–water partition coefficient (Wildman–Crippen LogP) is 2.37. The van der Waals surface area contributed by atoms with Crippen LogP contribution in [0.25, 0.3) is 0 Å². The number of likely N-dealkylation sites (N-methyl/N-ethyl adjacent to an activating group) is 1. The molecule has 1 aromatic carbocycles. The fourth-order valence-electron chi connectivity index (χ4n) is 3.63. The van der Waals surface area contributed by atoms with E-state index in [1.807, 2.05) is 19.1 Å². The third kappa shape index (κ3) is 2.29. The van der Waals surface area contributed by atoms with Crippen LogP contribution in [0.5, 0.6) is 0 Å². The quantitative estimate of drug-likeness (QED) is 0.899. The molecule has 0 saturated carbocycles. The minimum atomic E-state index is -0.844. The Labute approximate surface area is 120 Å². The van der Waals surface area contributed by atoms with Crippen LogP contribution in [0.15, 0.2) is 18.2 Å². The maximum atomic E-state index is 11.1. The molecular weight excluding hydrogens is 252 g/mol. The third-order valence-corrected chi connectivity index (χ3v) is 4.95. The Morgan fingerprint density at radius 1 is 1.25 bits per heavy atom. The average Bonchev–Trinajstić information content (AvgIpc) is 2.62. The van der Waals surface area contributed by atoms with E-state index in [2.05, 4.69) is 16.8 Å². The first-order valence-corrected chi connectivity index (χ1v) is 7.37. The van der Waals surface area contributed by atoms with Gasteiger partial charge < -0.3 is 10.0 Å². The second-order valence-electron chi connectivity index (χ2n) is 6.09. The molecule has 0 radical (unpaired) electrons. The highest BCUT2D eigenvalue weighted by atomic mass is 16.4. The minimum absolute atomic E-state index is 0.405. The number of carboxylic acids is 1. The molecule has 0 amide bonds. The van der Waals surface area contributed by atoms with Crippen molar-refractivity contribution in [2.45, 2.75) is 38.3 Å². The lowest BCUT2D eigenvalue weighted by Crippen LogP contribution is -2.36. The number of nitrogens with zero attached hydrogens (tertiary/aromatic N) is 2. The predicted molar refractivity (Wildman–Crippen MR) is 79.5 cm³/mol. The van der Waals surface area contributed by atoms with Crippen LogP contribution >= 0.6 is 0 Å². The van der Waals surface area contributed by atoms with Gasteiger partial charge in [0.25, 0.3) is 0 Å². The summed E-state index contributed by atoms with van der Waals surface area (Å²) in [7, 11) is 2.24. The zero-order chi connectivity index (χ0) is 14.3. The van der Waals surface area contributed by atoms with E-state index >= 15 is 0 Å². The molecule has 1 aromatic rings. The van der Waals surface area contributed by atoms with E-state index in [0.717, 1.165) is 30.4 Å². The lowest BCUT2D eigenvalue weighted by atomic mass is 10.1. The molecule has 0 aromatic heterocycles. The van der Waals surface area contributed by atoms with Gasteiger partial charge in [0.1, 0.15) is 0 Å². The SMILES string of the molecule is Cc1cc(N2CCC3CCC(C2)N3C)ccc1C(=O)O. The molecule has 2 aliphatic heterocycles. The smallest absolute Gasteiger partial charge is 0.335 e. The number of hydrogen-bond acceptors (Lipinski definition) is 3. The molecule has 4 nitrogen and oxygen atoms in total. The van der Waals surface area contributed by atoms with Gasteiger partial charge in [0.05, 0.1) is 5.56 Å². The summed E-state index contributed by atoms with van der Waals surface area (Å²) >= 11 is 0. The van der Waals surface area contributed by atoms with Crippen LogP contribution in [0.2, 0.25) is 0 Å². The van der Waals surface area contributed by atoms with Crippen molar-refractivity contribution >= 4 is 11.7 Å². The summed E-state index contributed by atoms with van der Waals surface area (Å²) in [6.07, 6.45) is 3.81. The van der Waals surface area contributed by atoms with Crippen molar-refractivity contribution in [2.24, 2.45) is 0 Å². The maximum absolute atomic E-state index is 11.1. The summed E-state index contributed by atoms with van der Waals surface area (Å²) in [5, 5.41) is 9.11. The van der Waals surface area contributed by atoms with E-state index in [4.69, 9.17) is 5.11 Å². The van der Waals surface area contributed by atoms with Crippen molar-refractivity contribution in [3.63, 3.8) is 0 Å². The number of rotatable bonds is 2. The zero-order valence-corrected chi connectivity index (χ0v) is 12.2. The lowest BCUT2D eigenvalue weighted by molar-refractivity contribution is 0.0696. The Balaban J connectivity index is 1.83. The number of fused-ring (bicyclic) bond motifs is 2. The highest BCUT2D eigenvalue weighted by molar-refractivity contribution is 5.89. The normalized spacial score (nSPS) is 26.6. The first-order chi connectivity index (χ1) is 9.56. The molecule has 4 heteroatoms. The second kappa shape index (κ2) is 5.09. The Morgan fingerprint density at radius 3 is 2.70 bits per heavy atom. The van der Waals surface area contributed by atoms with Crippen LogP contribution in [0.4, 0.5) is 5.69 Å². The van der Waals surface area contributed by atoms with Gasteiger partial charge in [0, 0.05) is 30.9 Å². The molecule has 2 fully saturated rings. The first-order valence-electron chi connectivity index (χ1n) is 7.37. The van der Waals surface area contributed by atoms with Crippen molar-refractivity contribution in [3.05, 3.63) is 29.3 Å². The number of carbonyl (C=O) groups is 1. The molecule has 108 valence electrons. The number of benzene rings is 1. The molecular formula is C16H22N2O2. The van der Waals surface area contributed by atoms with E-state index in [1.165, 1.54) is 19.3 Å². The van der Waals surface area contributed by atoms with Gasteiger partial charge >= 0.3 is 5.97 Å². The summed E-state index contributed by atoms with van der Waals surface area (Å²) in [6.45, 7) is 4.00. The van der Waals surface area contributed by atoms with E-state index in [1.54, 1.807) is 6.07 Å². The molecule has 2 atom stereocenters. The van der Waals surface area contributed by atoms with Crippen LogP contribution in [0.1, 0.15) is 35.2 Å². The van der Waals surface area contributed by atoms with Crippen molar-refractivity contribution in [1.82, 2.24) is 4.90 Å². The Hall–Kier alpha value is -1.55. The number of aryl methyl sites for hydroxylation is 1. The minimum Gasteiger partial charge on any atom is -0.478 e. The van der Waals surface area contributed by atoms with Gasteiger partial charge in [-0.2, -0.15) is 0 Å². The molecule has 20 heavy (non-hydrogen) atoms. The van der Waals surface area contributed by atoms with Crippen LogP contribution in [0.3, 0.4) is 0 Å². The Morgan fingerprint density at radius 2 is 2.00 bits per heavy atom. The van der Waals surface area contributed by atoms with Gasteiger partial charge in [-0.15, -0.1) is 0 Å². The van der Waals surface area contributed by atoms with Gasteiger partial charge in [-0.3, -0.25) is 4.90 Å². The van der Waals surface area contributed by atoms with E-state index < -0.39 is 5.97 Å². The van der Waals surface area contributed by atoms with Gasteiger partial charge in [-0.1, -0.05) is 0 Å². The summed E-state index contributed by atoms with van der Waals surface area (Å²) in [5.41, 5.74) is 2.41. The van der Waals surface area contributed by atoms with Crippen molar-refractivity contribution < 1.29 is 9.90 Å². The fraction of sp³-hybridized carbons (Fsp3) is 0.562. The highest BCUT2D eigenvalue weighted by Crippen LogP contribution is 2.31. The first kappa shape index (κ1) is 13.4. The standard InChI is InChI=1S/C16H22N2O2/c1-11-9-13(5-6-15(11)16(19)20)18-8-7-12-3-4-14(10-18)17(12)2/h5-6,9,12,14H,3-4,7-8,10H2,1-2H3,(H,19,20). The lowest BCUT2D eigenvalue weighted by Gasteiger charge is -2.28. The number of aromatic carboxylic acids is 1. The maximum Gasteiger partial charge on any atom is 0.335 e. The molecule has 2 bridgehead atoms. The largest absolute Gasteiger partial charge is 0.478 e. The summed E-state index contributed by atoms with van der Waals surface area (Å²) in [5.74, 6) is -0.844. The molecule has 2 unspecified atom stereocenters. The molecule has 2 heterocycles. The summed E-state index contributed by atoms with van der Waals surface area (Å²) < 4.78 is 0. The Kier molecular flexibility index (Phi) is 3.42. The average molecular weight is 274 g/mol. The third-order valence-electron chi connectivity index (χ3n) is 4.95. The van der Waals surface area contributed by atoms with Crippen molar-refractivity contribution in [1.29, 1.82) is 0 Å². The van der Waals surface area contributed by atoms with Crippen LogP contribution in [0, 0.1) is 6.92 Å². The molecule has 0 aliphatic carbocycles. The number of carboxylic acid groups (broad SMARTS) is 1. The monoisotopic (exact) mass is 274 g/mol. The zero-order valence-electron chi connectivity index (χ0n) is 12.2. The second-order valence-corrected chi connectivity index (χ2v) is 6.09. The highest BCUT2D eigenvalue weighted by Gasteiger charge is 2.34. The van der Waals surface area contributed by atoms with E-state index in [9.17, 15) is 4.79 Å². The molecule has 2 saturated heterocycles. The van der Waals surface area contributed by atoms with Gasteiger partial charge in [0.15, 0.2) is 0 Å². The summed E-state index contributed by atoms with van der Waals surface area (Å²) in [6, 6.07) is 7.07. The molecule has 3 rings (SSSR count). The molecule has 0 spiro atoms. The Bertz CT molecular complexity index is 529. The summed E-state index contributed by atoms with van der Waals surface area (Å²) in [4.78, 5) is 16.0. The van der Waals surface area contributed by atoms with Crippen molar-refractivity contribution in [2.75, 3.05) is 25.0 Å². The van der Waals surface area contributed by atoms with Gasteiger partial charge in [-0.25, -0.2) is 4.79 Å². The van der Waals surface area contributed by atoms with Crippen LogP contribution < -0.4 is 4.90 Å². The number of anilines is 1. The van der Waals surface area contributed by atoms with Crippen LogP contribution in [-0.4, -0.2) is 48.2 Å². The van der Waals surface area contributed by atoms with Gasteiger partial charge in [0.2, 0.25) is 0 Å². The fourth-order valence-corrected chi connectivity index (χ4v) is 3.63. The van der Waals surface area contributed by atoms with Crippen LogP contribution in [-0.2, 0) is 0 Å². The van der Waals surface area contributed by atoms with E-state index in [-0.39, 0.29) is 0 Å². The van der Waals surface area contributed by atoms with Gasteiger partial charge in [-0.05, 0) is 57.0 Å². The van der Waals surface area contributed by atoms with Crippen molar-refractivity contribution in [3.8, 4) is 0 Å².